The van der Waals surface area contributed by atoms with Crippen LogP contribution in [0.4, 0.5) is 0 Å². The highest BCUT2D eigenvalue weighted by Crippen LogP contribution is 2.26. The lowest BCUT2D eigenvalue weighted by Crippen LogP contribution is -1.93. The van der Waals surface area contributed by atoms with Gasteiger partial charge in [-0.3, -0.25) is 9.97 Å². The molecule has 20 heavy (non-hydrogen) atoms. The molecule has 3 aromatic heterocycles. The molecule has 0 amide bonds. The van der Waals surface area contributed by atoms with Crippen molar-refractivity contribution in [1.29, 1.82) is 0 Å². The fourth-order valence-electron chi connectivity index (χ4n) is 1.99. The molecule has 0 fully saturated rings. The third-order valence-corrected chi connectivity index (χ3v) is 3.67. The van der Waals surface area contributed by atoms with Crippen LogP contribution in [0.5, 0.6) is 5.88 Å². The Morgan fingerprint density at radius 2 is 2.00 bits per heavy atom. The number of rotatable bonds is 3. The lowest BCUT2D eigenvalue weighted by molar-refractivity contribution is 0.399. The maximum atomic E-state index is 5.18. The van der Waals surface area contributed by atoms with E-state index in [1.54, 1.807) is 19.4 Å². The van der Waals surface area contributed by atoms with Crippen LogP contribution in [0.2, 0.25) is 0 Å². The van der Waals surface area contributed by atoms with Crippen LogP contribution in [-0.2, 0) is 5.33 Å². The molecule has 0 aromatic carbocycles. The molecule has 0 saturated carbocycles. The summed E-state index contributed by atoms with van der Waals surface area (Å²) in [6.45, 7) is 0. The molecule has 0 spiro atoms. The SMILES string of the molecule is COc1ccc2nccc(-c3ccc(CBr)cn3)c2n1. The molecule has 0 saturated heterocycles. The quantitative estimate of drug-likeness (QED) is 0.689. The van der Waals surface area contributed by atoms with Gasteiger partial charge in [0.2, 0.25) is 5.88 Å². The number of alkyl halides is 1. The molecule has 0 atom stereocenters. The van der Waals surface area contributed by atoms with Crippen molar-refractivity contribution < 1.29 is 4.74 Å². The summed E-state index contributed by atoms with van der Waals surface area (Å²) in [5.41, 5.74) is 4.59. The highest BCUT2D eigenvalue weighted by atomic mass is 79.9. The molecule has 0 aliphatic heterocycles. The first-order valence-electron chi connectivity index (χ1n) is 6.13. The van der Waals surface area contributed by atoms with E-state index < -0.39 is 0 Å². The smallest absolute Gasteiger partial charge is 0.213 e. The zero-order valence-corrected chi connectivity index (χ0v) is 12.5. The van der Waals surface area contributed by atoms with Crippen molar-refractivity contribution >= 4 is 27.0 Å². The van der Waals surface area contributed by atoms with Crippen molar-refractivity contribution in [2.45, 2.75) is 5.33 Å². The van der Waals surface area contributed by atoms with Gasteiger partial charge >= 0.3 is 0 Å². The number of hydrogen-bond acceptors (Lipinski definition) is 4. The summed E-state index contributed by atoms with van der Waals surface area (Å²) in [7, 11) is 1.60. The van der Waals surface area contributed by atoms with Crippen molar-refractivity contribution in [2.24, 2.45) is 0 Å². The predicted octanol–water partition coefficient (Wildman–Crippen LogP) is 3.60. The van der Waals surface area contributed by atoms with Gasteiger partial charge in [0.15, 0.2) is 0 Å². The van der Waals surface area contributed by atoms with Gasteiger partial charge in [0.25, 0.3) is 0 Å². The monoisotopic (exact) mass is 329 g/mol. The van der Waals surface area contributed by atoms with Crippen molar-refractivity contribution in [2.75, 3.05) is 7.11 Å². The number of methoxy groups -OCH3 is 1. The lowest BCUT2D eigenvalue weighted by atomic mass is 10.1. The maximum Gasteiger partial charge on any atom is 0.213 e. The van der Waals surface area contributed by atoms with E-state index in [0.717, 1.165) is 33.2 Å². The Hall–Kier alpha value is -2.01. The van der Waals surface area contributed by atoms with E-state index in [1.807, 2.05) is 30.5 Å². The first kappa shape index (κ1) is 13.0. The number of nitrogens with zero attached hydrogens (tertiary/aromatic N) is 3. The minimum absolute atomic E-state index is 0.573. The molecule has 4 nitrogen and oxygen atoms in total. The summed E-state index contributed by atoms with van der Waals surface area (Å²) in [5.74, 6) is 0.573. The van der Waals surface area contributed by atoms with Gasteiger partial charge < -0.3 is 4.74 Å². The van der Waals surface area contributed by atoms with Crippen LogP contribution in [0, 0.1) is 0 Å². The van der Waals surface area contributed by atoms with Gasteiger partial charge in [0, 0.05) is 29.4 Å². The van der Waals surface area contributed by atoms with Crippen LogP contribution in [0.25, 0.3) is 22.3 Å². The zero-order valence-electron chi connectivity index (χ0n) is 10.9. The summed E-state index contributed by atoms with van der Waals surface area (Å²) < 4.78 is 5.18. The minimum Gasteiger partial charge on any atom is -0.481 e. The van der Waals surface area contributed by atoms with E-state index in [9.17, 15) is 0 Å². The minimum atomic E-state index is 0.573. The van der Waals surface area contributed by atoms with Crippen LogP contribution in [0.1, 0.15) is 5.56 Å². The molecule has 3 heterocycles. The number of aromatic nitrogens is 3. The van der Waals surface area contributed by atoms with E-state index in [4.69, 9.17) is 4.74 Å². The summed E-state index contributed by atoms with van der Waals surface area (Å²) in [6.07, 6.45) is 3.63. The molecule has 0 aliphatic rings. The average molecular weight is 330 g/mol. The molecular formula is C15H12BrN3O. The van der Waals surface area contributed by atoms with Gasteiger partial charge in [0.1, 0.15) is 5.52 Å². The Morgan fingerprint density at radius 1 is 1.10 bits per heavy atom. The highest BCUT2D eigenvalue weighted by molar-refractivity contribution is 9.08. The Bertz CT molecular complexity index is 744. The Balaban J connectivity index is 2.18. The number of fused-ring (bicyclic) bond motifs is 1. The van der Waals surface area contributed by atoms with Crippen LogP contribution in [0.15, 0.2) is 42.7 Å². The van der Waals surface area contributed by atoms with Crippen molar-refractivity contribution in [3.8, 4) is 17.1 Å². The zero-order chi connectivity index (χ0) is 13.9. The number of halogens is 1. The van der Waals surface area contributed by atoms with E-state index in [2.05, 4.69) is 30.9 Å². The molecule has 100 valence electrons. The van der Waals surface area contributed by atoms with Gasteiger partial charge in [-0.05, 0) is 23.8 Å². The van der Waals surface area contributed by atoms with Gasteiger partial charge in [-0.15, -0.1) is 0 Å². The second-order valence-corrected chi connectivity index (χ2v) is 4.83. The second-order valence-electron chi connectivity index (χ2n) is 4.27. The van der Waals surface area contributed by atoms with Gasteiger partial charge in [0.05, 0.1) is 18.3 Å². The largest absolute Gasteiger partial charge is 0.481 e. The lowest BCUT2D eigenvalue weighted by Gasteiger charge is -2.07. The molecule has 0 unspecified atom stereocenters. The van der Waals surface area contributed by atoms with Crippen molar-refractivity contribution in [3.05, 3.63) is 48.3 Å². The van der Waals surface area contributed by atoms with Gasteiger partial charge in [-0.2, -0.15) is 0 Å². The Kier molecular flexibility index (Phi) is 3.60. The maximum absolute atomic E-state index is 5.18. The van der Waals surface area contributed by atoms with Crippen LogP contribution in [0.3, 0.4) is 0 Å². The molecule has 3 rings (SSSR count). The van der Waals surface area contributed by atoms with E-state index in [0.29, 0.717) is 5.88 Å². The summed E-state index contributed by atoms with van der Waals surface area (Å²) in [4.78, 5) is 13.3. The van der Waals surface area contributed by atoms with E-state index in [1.165, 1.54) is 0 Å². The Morgan fingerprint density at radius 3 is 2.70 bits per heavy atom. The number of pyridine rings is 3. The molecular weight excluding hydrogens is 318 g/mol. The van der Waals surface area contributed by atoms with Gasteiger partial charge in [-0.1, -0.05) is 22.0 Å². The standard InChI is InChI=1S/C15H12BrN3O/c1-20-14-5-4-13-15(19-14)11(6-7-17-13)12-3-2-10(8-16)9-18-12/h2-7,9H,8H2,1H3. The first-order valence-corrected chi connectivity index (χ1v) is 7.25. The van der Waals surface area contributed by atoms with E-state index in [-0.39, 0.29) is 0 Å². The van der Waals surface area contributed by atoms with Crippen LogP contribution < -0.4 is 4.74 Å². The first-order chi connectivity index (χ1) is 9.81. The van der Waals surface area contributed by atoms with Crippen molar-refractivity contribution in [1.82, 2.24) is 15.0 Å². The molecule has 3 aromatic rings. The van der Waals surface area contributed by atoms with Crippen molar-refractivity contribution in [3.63, 3.8) is 0 Å². The molecule has 0 aliphatic carbocycles. The predicted molar refractivity (Wildman–Crippen MR) is 82.0 cm³/mol. The third kappa shape index (κ3) is 2.36. The highest BCUT2D eigenvalue weighted by Gasteiger charge is 2.08. The van der Waals surface area contributed by atoms with Crippen LogP contribution >= 0.6 is 15.9 Å². The fourth-order valence-corrected chi connectivity index (χ4v) is 2.32. The van der Waals surface area contributed by atoms with Crippen LogP contribution in [-0.4, -0.2) is 22.1 Å². The molecule has 0 bridgehead atoms. The molecule has 5 heteroatoms. The summed E-state index contributed by atoms with van der Waals surface area (Å²) in [6, 6.07) is 9.67. The summed E-state index contributed by atoms with van der Waals surface area (Å²) in [5, 5.41) is 0.795. The number of hydrogen-bond donors (Lipinski definition) is 0. The molecule has 0 radical (unpaired) electrons. The third-order valence-electron chi connectivity index (χ3n) is 3.02. The topological polar surface area (TPSA) is 47.9 Å². The van der Waals surface area contributed by atoms with Gasteiger partial charge in [-0.25, -0.2) is 4.98 Å². The number of ether oxygens (including phenoxy) is 1. The Labute approximate surface area is 125 Å². The normalized spacial score (nSPS) is 10.7. The molecule has 0 N–H and O–H groups in total. The summed E-state index contributed by atoms with van der Waals surface area (Å²) >= 11 is 3.42. The fraction of sp³-hybridized carbons (Fsp3) is 0.133. The van der Waals surface area contributed by atoms with E-state index >= 15 is 0 Å². The second kappa shape index (κ2) is 5.54. The average Bonchev–Trinajstić information content (AvgIpc) is 2.54.